The predicted octanol–water partition coefficient (Wildman–Crippen LogP) is 8.22. The highest BCUT2D eigenvalue weighted by atomic mass is 32.1. The van der Waals surface area contributed by atoms with Gasteiger partial charge < -0.3 is 16.0 Å². The second-order valence-corrected chi connectivity index (χ2v) is 12.3. The fourth-order valence-electron chi connectivity index (χ4n) is 4.85. The van der Waals surface area contributed by atoms with E-state index < -0.39 is 0 Å². The van der Waals surface area contributed by atoms with E-state index in [1.165, 1.54) is 9.88 Å². The van der Waals surface area contributed by atoms with Crippen molar-refractivity contribution in [1.82, 2.24) is 19.8 Å². The fraction of sp³-hybridized carbons (Fsp3) is 0.559. The number of pyridine rings is 1. The van der Waals surface area contributed by atoms with E-state index in [1.807, 2.05) is 45.1 Å². The van der Waals surface area contributed by atoms with Gasteiger partial charge in [-0.1, -0.05) is 46.8 Å². The van der Waals surface area contributed by atoms with E-state index in [1.54, 1.807) is 6.20 Å². The van der Waals surface area contributed by atoms with Crippen molar-refractivity contribution in [3.05, 3.63) is 58.7 Å². The Morgan fingerprint density at radius 2 is 1.81 bits per heavy atom. The van der Waals surface area contributed by atoms with Gasteiger partial charge in [-0.15, -0.1) is 24.5 Å². The summed E-state index contributed by atoms with van der Waals surface area (Å²) in [6.45, 7) is 24.6. The number of nitrogens with one attached hydrogen (secondary N) is 1. The van der Waals surface area contributed by atoms with Crippen LogP contribution in [0.3, 0.4) is 0 Å². The molecule has 2 heterocycles. The molecule has 0 radical (unpaired) electrons. The van der Waals surface area contributed by atoms with Crippen LogP contribution in [0.25, 0.3) is 12.2 Å². The number of anilines is 2. The Bertz CT molecular complexity index is 1140. The number of amides is 1. The average molecular weight is 601 g/mol. The van der Waals surface area contributed by atoms with Gasteiger partial charge in [0.2, 0.25) is 5.91 Å². The molecule has 1 amide bonds. The normalized spacial score (nSPS) is 16.1. The maximum Gasteiger partial charge on any atom is 0.241 e. The van der Waals surface area contributed by atoms with Crippen LogP contribution in [-0.2, 0) is 4.79 Å². The van der Waals surface area contributed by atoms with Gasteiger partial charge in [0.15, 0.2) is 0 Å². The van der Waals surface area contributed by atoms with E-state index in [2.05, 4.69) is 99.4 Å². The first-order chi connectivity index (χ1) is 20.0. The van der Waals surface area contributed by atoms with E-state index >= 15 is 0 Å². The van der Waals surface area contributed by atoms with Gasteiger partial charge >= 0.3 is 0 Å². The molecule has 0 spiro atoms. The Morgan fingerprint density at radius 1 is 1.17 bits per heavy atom. The van der Waals surface area contributed by atoms with Gasteiger partial charge in [0.05, 0.1) is 33.5 Å². The molecule has 42 heavy (non-hydrogen) atoms. The van der Waals surface area contributed by atoms with Crippen LogP contribution in [0, 0.1) is 18.8 Å². The van der Waals surface area contributed by atoms with Crippen molar-refractivity contribution in [1.29, 1.82) is 0 Å². The maximum absolute atomic E-state index is 13.3. The third-order valence-corrected chi connectivity index (χ3v) is 8.53. The maximum atomic E-state index is 13.3. The summed E-state index contributed by atoms with van der Waals surface area (Å²) in [5, 5.41) is 4.27. The number of carbonyl (C=O) groups is 1. The highest BCUT2D eigenvalue weighted by Crippen LogP contribution is 2.34. The number of aryl methyl sites for hydroxylation is 1. The van der Waals surface area contributed by atoms with Crippen LogP contribution >= 0.6 is 11.3 Å². The highest BCUT2D eigenvalue weighted by molar-refractivity contribution is 7.12. The number of hydrogen-bond acceptors (Lipinski definition) is 7. The molecule has 3 unspecified atom stereocenters. The summed E-state index contributed by atoms with van der Waals surface area (Å²) in [5.74, 6) is 1.52. The molecule has 0 aromatic carbocycles. The van der Waals surface area contributed by atoms with Crippen molar-refractivity contribution in [3.8, 4) is 0 Å². The van der Waals surface area contributed by atoms with Crippen molar-refractivity contribution >= 4 is 40.9 Å². The van der Waals surface area contributed by atoms with E-state index in [9.17, 15) is 4.79 Å². The number of thiazole rings is 1. The number of nitrogen functional groups attached to an aromatic ring is 1. The number of hydrogen-bond donors (Lipinski definition) is 2. The highest BCUT2D eigenvalue weighted by Gasteiger charge is 2.30. The van der Waals surface area contributed by atoms with E-state index in [4.69, 9.17) is 10.7 Å². The number of nitrogens with two attached hydrogens (primary N) is 1. The zero-order chi connectivity index (χ0) is 32.0. The molecule has 7 nitrogen and oxygen atoms in total. The lowest BCUT2D eigenvalue weighted by atomic mass is 9.96. The van der Waals surface area contributed by atoms with Gasteiger partial charge in [-0.05, 0) is 84.0 Å². The third kappa shape index (κ3) is 10.8. The Balaban J connectivity index is 0. The SMILES string of the molecule is C=C.CC.CCC(CCN(C)C)c1nc2c(s1)C=CC([C@H](C)N(CC(C)C)C(C)C(=O)Nc1cnc(N)c(C)c1)C=C2.[HH].[HH]. The second-order valence-electron chi connectivity index (χ2n) is 11.2. The number of carbonyl (C=O) groups excluding carboxylic acids is 1. The predicted molar refractivity (Wildman–Crippen MR) is 189 cm³/mol. The van der Waals surface area contributed by atoms with Crippen molar-refractivity contribution in [2.24, 2.45) is 11.8 Å². The van der Waals surface area contributed by atoms with Crippen LogP contribution in [0.15, 0.2) is 37.6 Å². The van der Waals surface area contributed by atoms with Crippen molar-refractivity contribution < 1.29 is 7.65 Å². The number of fused-ring (bicyclic) bond motifs is 1. The van der Waals surface area contributed by atoms with Crippen LogP contribution in [0.5, 0.6) is 0 Å². The summed E-state index contributed by atoms with van der Waals surface area (Å²) in [5.41, 5.74) is 8.43. The van der Waals surface area contributed by atoms with Crippen molar-refractivity contribution in [2.75, 3.05) is 38.2 Å². The molecule has 0 saturated heterocycles. The fourth-order valence-corrected chi connectivity index (χ4v) is 6.03. The van der Waals surface area contributed by atoms with Crippen LogP contribution in [0.1, 0.15) is 91.2 Å². The van der Waals surface area contributed by atoms with Crippen molar-refractivity contribution in [2.45, 2.75) is 86.2 Å². The molecular weight excluding hydrogens is 540 g/mol. The van der Waals surface area contributed by atoms with Gasteiger partial charge in [0, 0.05) is 27.3 Å². The minimum Gasteiger partial charge on any atom is -0.383 e. The molecular formula is C34H60N6OS. The van der Waals surface area contributed by atoms with Crippen LogP contribution in [0.4, 0.5) is 11.5 Å². The average Bonchev–Trinajstić information content (AvgIpc) is 3.27. The monoisotopic (exact) mass is 600 g/mol. The largest absolute Gasteiger partial charge is 0.383 e. The van der Waals surface area contributed by atoms with Crippen LogP contribution in [-0.4, -0.2) is 64.9 Å². The standard InChI is InChI=1S/C30H46N6OS.C2H6.C2H4.2H2/c1-9-23(14-15-35(7)8)30-34-26-12-10-24(11-13-27(26)38-30)21(5)36(18-19(2)3)22(6)29(37)33-25-16-20(4)28(31)32-17-25;2*1-2;;/h10-13,16-17,19,21-24H,9,14-15,18H2,1-8H3,(H2,31,32)(H,33,37);1-2H3;1-2H2;2*1H/t21-,22?,23?,24?;;;;/m0..../s1. The summed E-state index contributed by atoms with van der Waals surface area (Å²) in [4.78, 5) is 28.3. The zero-order valence-corrected chi connectivity index (χ0v) is 28.6. The zero-order valence-electron chi connectivity index (χ0n) is 27.8. The second kappa shape index (κ2) is 18.7. The van der Waals surface area contributed by atoms with E-state index in [0.29, 0.717) is 23.3 Å². The van der Waals surface area contributed by atoms with Gasteiger partial charge in [0.1, 0.15) is 5.82 Å². The first-order valence-electron chi connectivity index (χ1n) is 15.3. The minimum atomic E-state index is -0.309. The van der Waals surface area contributed by atoms with Crippen LogP contribution < -0.4 is 11.1 Å². The number of nitrogens with zero attached hydrogens (tertiary/aromatic N) is 4. The Hall–Kier alpha value is -2.81. The van der Waals surface area contributed by atoms with E-state index in [-0.39, 0.29) is 26.8 Å². The first kappa shape index (κ1) is 37.2. The summed E-state index contributed by atoms with van der Waals surface area (Å²) in [7, 11) is 4.25. The topological polar surface area (TPSA) is 87.4 Å². The van der Waals surface area contributed by atoms with Crippen LogP contribution in [0.2, 0.25) is 0 Å². The molecule has 2 aromatic rings. The summed E-state index contributed by atoms with van der Waals surface area (Å²) >= 11 is 1.82. The molecule has 3 N–H and O–H groups in total. The summed E-state index contributed by atoms with van der Waals surface area (Å²) in [6.07, 6.45) is 12.8. The summed E-state index contributed by atoms with van der Waals surface area (Å²) in [6, 6.07) is 1.69. The third-order valence-electron chi connectivity index (χ3n) is 7.33. The molecule has 1 aliphatic rings. The molecule has 1 aliphatic carbocycles. The molecule has 0 aliphatic heterocycles. The molecule has 0 bridgehead atoms. The smallest absolute Gasteiger partial charge is 0.241 e. The Kier molecular flexibility index (Phi) is 16.5. The minimum absolute atomic E-state index is 0. The van der Waals surface area contributed by atoms with Gasteiger partial charge in [0.25, 0.3) is 0 Å². The Morgan fingerprint density at radius 3 is 2.38 bits per heavy atom. The molecule has 238 valence electrons. The molecule has 2 aromatic heterocycles. The molecule has 3 rings (SSSR count). The lowest BCUT2D eigenvalue weighted by molar-refractivity contribution is -0.122. The number of rotatable bonds is 12. The lowest BCUT2D eigenvalue weighted by Crippen LogP contribution is -2.50. The number of aromatic nitrogens is 2. The quantitative estimate of drug-likeness (QED) is 0.239. The van der Waals surface area contributed by atoms with Crippen molar-refractivity contribution in [3.63, 3.8) is 0 Å². The van der Waals surface area contributed by atoms with Gasteiger partial charge in [-0.25, -0.2) is 9.97 Å². The molecule has 8 heteroatoms. The van der Waals surface area contributed by atoms with Gasteiger partial charge in [-0.3, -0.25) is 9.69 Å². The molecule has 0 saturated carbocycles. The van der Waals surface area contributed by atoms with Gasteiger partial charge in [-0.2, -0.15) is 0 Å². The molecule has 0 fully saturated rings. The van der Waals surface area contributed by atoms with E-state index in [0.717, 1.165) is 37.2 Å². The first-order valence-corrected chi connectivity index (χ1v) is 16.1. The lowest BCUT2D eigenvalue weighted by Gasteiger charge is -2.37. The molecule has 4 atom stereocenters. The summed E-state index contributed by atoms with van der Waals surface area (Å²) < 4.78 is 0. The Labute approximate surface area is 263 Å².